The maximum Gasteiger partial charge on any atom is 0.271 e. The molecule has 3 unspecified atom stereocenters. The Kier molecular flexibility index (Phi) is 7.60. The predicted octanol–water partition coefficient (Wildman–Crippen LogP) is 1.02. The Morgan fingerprint density at radius 3 is 2.52 bits per heavy atom. The van der Waals surface area contributed by atoms with Gasteiger partial charge in [-0.15, -0.1) is 0 Å². The van der Waals surface area contributed by atoms with E-state index >= 15 is 0 Å². The Morgan fingerprint density at radius 1 is 1.13 bits per heavy atom. The molecule has 15 nitrogen and oxygen atoms in total. The van der Waals surface area contributed by atoms with Crippen LogP contribution in [0.15, 0.2) is 30.3 Å². The number of nitrogens with zero attached hydrogens (tertiary/aromatic N) is 4. The lowest BCUT2D eigenvalue weighted by molar-refractivity contribution is 0.0779. The summed E-state index contributed by atoms with van der Waals surface area (Å²) in [4.78, 5) is 42.2. The Labute approximate surface area is 264 Å². The van der Waals surface area contributed by atoms with E-state index < -0.39 is 35.3 Å². The highest BCUT2D eigenvalue weighted by Crippen LogP contribution is 2.55. The van der Waals surface area contributed by atoms with Crippen molar-refractivity contribution in [1.29, 1.82) is 0 Å². The summed E-state index contributed by atoms with van der Waals surface area (Å²) >= 11 is 0. The van der Waals surface area contributed by atoms with Crippen molar-refractivity contribution in [2.24, 2.45) is 28.9 Å². The number of anilines is 1. The molecule has 242 valence electrons. The van der Waals surface area contributed by atoms with E-state index in [2.05, 4.69) is 15.4 Å². The summed E-state index contributed by atoms with van der Waals surface area (Å²) in [5.41, 5.74) is 34.0. The molecule has 2 aromatic heterocycles. The Hall–Kier alpha value is -5.15. The van der Waals surface area contributed by atoms with Gasteiger partial charge in [0, 0.05) is 41.6 Å². The van der Waals surface area contributed by atoms with Gasteiger partial charge in [0.2, 0.25) is 17.8 Å². The number of methoxy groups -OCH3 is 1. The summed E-state index contributed by atoms with van der Waals surface area (Å²) in [6.07, 6.45) is 1.22. The molecule has 2 aromatic carbocycles. The lowest BCUT2D eigenvalue weighted by Crippen LogP contribution is -2.64. The van der Waals surface area contributed by atoms with Gasteiger partial charge in [0.1, 0.15) is 28.4 Å². The van der Waals surface area contributed by atoms with Crippen LogP contribution >= 0.6 is 0 Å². The van der Waals surface area contributed by atoms with Gasteiger partial charge in [-0.1, -0.05) is 0 Å². The Bertz CT molecular complexity index is 1900. The second-order valence-electron chi connectivity index (χ2n) is 11.9. The van der Waals surface area contributed by atoms with Gasteiger partial charge in [0.25, 0.3) is 5.91 Å². The number of ether oxygens (including phenoxy) is 2. The SMILES string of the molecule is CCn1nc(C)cc1C(=O)N[C@@]1(N)C(N)c2cc(C(N)=O)cc3c2C1C(CCCn1c(N)nc2cc(C(N)=O)cc(OC)c21)CO3. The van der Waals surface area contributed by atoms with E-state index in [0.29, 0.717) is 65.4 Å². The molecule has 4 aromatic rings. The van der Waals surface area contributed by atoms with Crippen LogP contribution in [0.3, 0.4) is 0 Å². The second kappa shape index (κ2) is 11.3. The number of carbonyl (C=O) groups excluding carboxylic acids is 3. The third kappa shape index (κ3) is 4.87. The number of aryl methyl sites for hydroxylation is 3. The topological polar surface area (TPSA) is 247 Å². The first-order chi connectivity index (χ1) is 21.9. The standard InChI is InChI=1S/C31H38N10O5/c1-4-41-20(8-14(2)39-41)29(44)38-31(36)24-15(13-46-21-11-16(27(33)42)9-18(23(21)24)26(31)32)6-5-7-40-25-19(37-30(40)35)10-17(28(34)43)12-22(25)45-3/h8-12,15,24,26H,4-7,13,32,36H2,1-3H3,(H2,33,42)(H2,34,43)(H2,35,37)(H,38,44)/t15?,24?,26?,31-/m1/s1. The average Bonchev–Trinajstić information content (AvgIpc) is 3.63. The highest BCUT2D eigenvalue weighted by molar-refractivity contribution is 5.99. The molecule has 46 heavy (non-hydrogen) atoms. The van der Waals surface area contributed by atoms with Crippen molar-refractivity contribution in [3.05, 3.63) is 64.0 Å². The first kappa shape index (κ1) is 30.9. The van der Waals surface area contributed by atoms with Crippen molar-refractivity contribution in [3.8, 4) is 11.5 Å². The van der Waals surface area contributed by atoms with Gasteiger partial charge < -0.3 is 48.0 Å². The van der Waals surface area contributed by atoms with Crippen LogP contribution in [0.4, 0.5) is 5.95 Å². The summed E-state index contributed by atoms with van der Waals surface area (Å²) in [7, 11) is 1.50. The number of benzene rings is 2. The number of fused-ring (bicyclic) bond motifs is 1. The average molecular weight is 631 g/mol. The van der Waals surface area contributed by atoms with E-state index in [0.717, 1.165) is 5.56 Å². The number of primary amides is 2. The molecule has 0 saturated carbocycles. The fourth-order valence-electron chi connectivity index (χ4n) is 7.03. The molecule has 1 aliphatic heterocycles. The van der Waals surface area contributed by atoms with E-state index in [1.165, 1.54) is 7.11 Å². The van der Waals surface area contributed by atoms with E-state index in [4.69, 9.17) is 38.1 Å². The van der Waals surface area contributed by atoms with Crippen LogP contribution in [-0.4, -0.2) is 56.4 Å². The summed E-state index contributed by atoms with van der Waals surface area (Å²) in [5.74, 6) is -1.11. The Morgan fingerprint density at radius 2 is 1.85 bits per heavy atom. The lowest BCUT2D eigenvalue weighted by atomic mass is 9.77. The number of nitrogens with two attached hydrogens (primary N) is 5. The highest BCUT2D eigenvalue weighted by atomic mass is 16.5. The third-order valence-corrected chi connectivity index (χ3v) is 9.12. The predicted molar refractivity (Wildman–Crippen MR) is 169 cm³/mol. The van der Waals surface area contributed by atoms with Gasteiger partial charge in [-0.3, -0.25) is 19.1 Å². The van der Waals surface area contributed by atoms with Crippen LogP contribution < -0.4 is 43.5 Å². The maximum absolute atomic E-state index is 13.7. The number of hydrogen-bond donors (Lipinski definition) is 6. The number of aromatic nitrogens is 4. The van der Waals surface area contributed by atoms with Gasteiger partial charge in [-0.2, -0.15) is 5.10 Å². The fraction of sp³-hybridized carbons (Fsp3) is 0.387. The molecule has 0 bridgehead atoms. The Balaban J connectivity index is 1.33. The molecule has 0 saturated heterocycles. The molecule has 0 fully saturated rings. The molecule has 6 rings (SSSR count). The molecule has 11 N–H and O–H groups in total. The number of hydrogen-bond acceptors (Lipinski definition) is 10. The molecule has 0 spiro atoms. The van der Waals surface area contributed by atoms with Crippen LogP contribution in [-0.2, 0) is 13.1 Å². The quantitative estimate of drug-likeness (QED) is 0.136. The van der Waals surface area contributed by atoms with E-state index in [9.17, 15) is 14.4 Å². The number of carbonyl (C=O) groups is 3. The molecule has 4 atom stereocenters. The zero-order valence-corrected chi connectivity index (χ0v) is 25.9. The first-order valence-electron chi connectivity index (χ1n) is 15.0. The second-order valence-corrected chi connectivity index (χ2v) is 11.9. The van der Waals surface area contributed by atoms with Gasteiger partial charge >= 0.3 is 0 Å². The van der Waals surface area contributed by atoms with E-state index in [1.54, 1.807) is 35.0 Å². The lowest BCUT2D eigenvalue weighted by Gasteiger charge is -2.42. The van der Waals surface area contributed by atoms with Crippen molar-refractivity contribution in [1.82, 2.24) is 24.6 Å². The van der Waals surface area contributed by atoms with Crippen molar-refractivity contribution in [2.45, 2.75) is 57.4 Å². The first-order valence-corrected chi connectivity index (χ1v) is 15.0. The van der Waals surface area contributed by atoms with Gasteiger partial charge in [-0.25, -0.2) is 4.98 Å². The largest absolute Gasteiger partial charge is 0.494 e. The third-order valence-electron chi connectivity index (χ3n) is 9.12. The minimum atomic E-state index is -1.43. The maximum atomic E-state index is 13.7. The van der Waals surface area contributed by atoms with Gasteiger partial charge in [0.15, 0.2) is 0 Å². The smallest absolute Gasteiger partial charge is 0.271 e. The monoisotopic (exact) mass is 630 g/mol. The summed E-state index contributed by atoms with van der Waals surface area (Å²) < 4.78 is 15.2. The van der Waals surface area contributed by atoms with Crippen LogP contribution in [0.5, 0.6) is 11.5 Å². The molecule has 2 aliphatic rings. The van der Waals surface area contributed by atoms with Crippen molar-refractivity contribution in [2.75, 3.05) is 19.5 Å². The molecule has 3 heterocycles. The highest BCUT2D eigenvalue weighted by Gasteiger charge is 2.56. The number of rotatable bonds is 10. The molecular formula is C31H38N10O5. The fourth-order valence-corrected chi connectivity index (χ4v) is 7.03. The van der Waals surface area contributed by atoms with Crippen LogP contribution in [0, 0.1) is 12.8 Å². The summed E-state index contributed by atoms with van der Waals surface area (Å²) in [6, 6.07) is 7.22. The molecular weight excluding hydrogens is 592 g/mol. The number of amides is 3. The van der Waals surface area contributed by atoms with E-state index in [1.807, 2.05) is 18.4 Å². The van der Waals surface area contributed by atoms with E-state index in [-0.39, 0.29) is 29.6 Å². The molecule has 0 radical (unpaired) electrons. The normalized spacial score (nSPS) is 21.5. The summed E-state index contributed by atoms with van der Waals surface area (Å²) in [5, 5.41) is 7.45. The van der Waals surface area contributed by atoms with Crippen LogP contribution in [0.25, 0.3) is 11.0 Å². The van der Waals surface area contributed by atoms with Gasteiger partial charge in [-0.05, 0) is 62.6 Å². The van der Waals surface area contributed by atoms with Crippen molar-refractivity contribution >= 4 is 34.7 Å². The summed E-state index contributed by atoms with van der Waals surface area (Å²) in [6.45, 7) is 4.93. The molecule has 3 amide bonds. The molecule has 1 aliphatic carbocycles. The zero-order valence-electron chi connectivity index (χ0n) is 25.9. The number of nitrogens with one attached hydrogen (secondary N) is 1. The van der Waals surface area contributed by atoms with Crippen LogP contribution in [0.2, 0.25) is 0 Å². The molecule has 15 heteroatoms. The number of imidazole rings is 1. The minimum absolute atomic E-state index is 0.179. The van der Waals surface area contributed by atoms with Crippen molar-refractivity contribution in [3.63, 3.8) is 0 Å². The number of nitrogen functional groups attached to an aromatic ring is 1. The minimum Gasteiger partial charge on any atom is -0.494 e. The van der Waals surface area contributed by atoms with Crippen molar-refractivity contribution < 1.29 is 23.9 Å². The van der Waals surface area contributed by atoms with Gasteiger partial charge in [0.05, 0.1) is 31.0 Å². The zero-order chi connectivity index (χ0) is 33.1. The van der Waals surface area contributed by atoms with Crippen LogP contribution in [0.1, 0.15) is 79.8 Å².